The van der Waals surface area contributed by atoms with Gasteiger partial charge >= 0.3 is 0 Å². The Bertz CT molecular complexity index is 450. The SMILES string of the molecule is FC(F)CN1CCCN(Cc2nnc(C3CCC3)o2)CC1. The van der Waals surface area contributed by atoms with Gasteiger partial charge in [-0.15, -0.1) is 10.2 Å². The smallest absolute Gasteiger partial charge is 0.251 e. The van der Waals surface area contributed by atoms with Gasteiger partial charge in [-0.3, -0.25) is 9.80 Å². The van der Waals surface area contributed by atoms with E-state index in [2.05, 4.69) is 15.1 Å². The van der Waals surface area contributed by atoms with Crippen molar-refractivity contribution in [1.29, 1.82) is 0 Å². The Balaban J connectivity index is 1.49. The summed E-state index contributed by atoms with van der Waals surface area (Å²) in [4.78, 5) is 4.04. The molecule has 0 radical (unpaired) electrons. The predicted octanol–water partition coefficient (Wildman–Crippen LogP) is 2.11. The lowest BCUT2D eigenvalue weighted by molar-refractivity contribution is 0.0895. The lowest BCUT2D eigenvalue weighted by Gasteiger charge is -2.21. The number of hydrogen-bond acceptors (Lipinski definition) is 5. The summed E-state index contributed by atoms with van der Waals surface area (Å²) in [5, 5.41) is 8.25. The molecule has 0 aromatic carbocycles. The first-order valence-electron chi connectivity index (χ1n) is 7.76. The molecular weight excluding hydrogens is 278 g/mol. The van der Waals surface area contributed by atoms with Crippen molar-refractivity contribution in [2.45, 2.75) is 44.6 Å². The van der Waals surface area contributed by atoms with Crippen LogP contribution in [0.1, 0.15) is 43.4 Å². The standard InChI is InChI=1S/C14H22F2N4O/c15-12(16)9-19-5-2-6-20(8-7-19)10-13-17-18-14(21-13)11-3-1-4-11/h11-12H,1-10H2. The molecule has 1 aromatic heterocycles. The topological polar surface area (TPSA) is 45.4 Å². The first kappa shape index (κ1) is 14.8. The van der Waals surface area contributed by atoms with E-state index < -0.39 is 6.43 Å². The Morgan fingerprint density at radius 3 is 2.52 bits per heavy atom. The van der Waals surface area contributed by atoms with E-state index in [1.165, 1.54) is 6.42 Å². The fourth-order valence-electron chi connectivity index (χ4n) is 2.90. The normalized spacial score (nSPS) is 22.4. The molecule has 1 aliphatic heterocycles. The molecule has 1 saturated heterocycles. The molecule has 1 aliphatic carbocycles. The maximum absolute atomic E-state index is 12.4. The van der Waals surface area contributed by atoms with Gasteiger partial charge in [-0.25, -0.2) is 8.78 Å². The second-order valence-electron chi connectivity index (χ2n) is 5.98. The number of rotatable bonds is 5. The molecule has 21 heavy (non-hydrogen) atoms. The number of hydrogen-bond donors (Lipinski definition) is 0. The molecule has 0 atom stereocenters. The molecule has 2 aliphatic rings. The lowest BCUT2D eigenvalue weighted by atomic mass is 9.85. The Hall–Kier alpha value is -1.08. The largest absolute Gasteiger partial charge is 0.424 e. The summed E-state index contributed by atoms with van der Waals surface area (Å²) in [6, 6.07) is 0. The highest BCUT2D eigenvalue weighted by Crippen LogP contribution is 2.35. The molecule has 5 nitrogen and oxygen atoms in total. The van der Waals surface area contributed by atoms with E-state index in [0.29, 0.717) is 24.9 Å². The summed E-state index contributed by atoms with van der Waals surface area (Å²) < 4.78 is 30.6. The van der Waals surface area contributed by atoms with Crippen LogP contribution < -0.4 is 0 Å². The molecule has 7 heteroatoms. The monoisotopic (exact) mass is 300 g/mol. The Morgan fingerprint density at radius 2 is 1.81 bits per heavy atom. The predicted molar refractivity (Wildman–Crippen MR) is 73.2 cm³/mol. The van der Waals surface area contributed by atoms with Crippen LogP contribution in [0.4, 0.5) is 8.78 Å². The Labute approximate surface area is 123 Å². The zero-order chi connectivity index (χ0) is 14.7. The first-order valence-corrected chi connectivity index (χ1v) is 7.76. The van der Waals surface area contributed by atoms with Crippen LogP contribution in [0.15, 0.2) is 4.42 Å². The molecule has 0 amide bonds. The molecule has 0 spiro atoms. The van der Waals surface area contributed by atoms with E-state index in [-0.39, 0.29) is 6.54 Å². The van der Waals surface area contributed by atoms with Gasteiger partial charge < -0.3 is 4.42 Å². The van der Waals surface area contributed by atoms with Crippen molar-refractivity contribution in [3.63, 3.8) is 0 Å². The van der Waals surface area contributed by atoms with Crippen molar-refractivity contribution < 1.29 is 13.2 Å². The van der Waals surface area contributed by atoms with E-state index in [1.54, 1.807) is 0 Å². The highest BCUT2D eigenvalue weighted by atomic mass is 19.3. The number of alkyl halides is 2. The number of nitrogens with zero attached hydrogens (tertiary/aromatic N) is 4. The van der Waals surface area contributed by atoms with Gasteiger partial charge in [0.25, 0.3) is 6.43 Å². The fraction of sp³-hybridized carbons (Fsp3) is 0.857. The van der Waals surface area contributed by atoms with E-state index in [0.717, 1.165) is 44.8 Å². The molecule has 0 unspecified atom stereocenters. The van der Waals surface area contributed by atoms with Crippen LogP contribution >= 0.6 is 0 Å². The molecule has 2 fully saturated rings. The summed E-state index contributed by atoms with van der Waals surface area (Å²) in [5.74, 6) is 1.88. The van der Waals surface area contributed by atoms with Crippen LogP contribution in [-0.4, -0.2) is 59.1 Å². The third-order valence-corrected chi connectivity index (χ3v) is 4.37. The average Bonchev–Trinajstić information content (AvgIpc) is 2.69. The zero-order valence-electron chi connectivity index (χ0n) is 12.2. The maximum atomic E-state index is 12.4. The number of halogens is 2. The zero-order valence-corrected chi connectivity index (χ0v) is 12.2. The highest BCUT2D eigenvalue weighted by molar-refractivity contribution is 4.96. The quantitative estimate of drug-likeness (QED) is 0.833. The lowest BCUT2D eigenvalue weighted by Crippen LogP contribution is -2.33. The van der Waals surface area contributed by atoms with Gasteiger partial charge in [0.1, 0.15) is 0 Å². The molecule has 118 valence electrons. The number of aromatic nitrogens is 2. The second kappa shape index (κ2) is 6.79. The second-order valence-corrected chi connectivity index (χ2v) is 5.98. The van der Waals surface area contributed by atoms with Gasteiger partial charge in [0.15, 0.2) is 0 Å². The molecule has 0 bridgehead atoms. The fourth-order valence-corrected chi connectivity index (χ4v) is 2.90. The van der Waals surface area contributed by atoms with Gasteiger partial charge in [0.05, 0.1) is 13.1 Å². The summed E-state index contributed by atoms with van der Waals surface area (Å²) in [7, 11) is 0. The van der Waals surface area contributed by atoms with Gasteiger partial charge in [0.2, 0.25) is 11.8 Å². The van der Waals surface area contributed by atoms with E-state index in [1.807, 2.05) is 4.90 Å². The van der Waals surface area contributed by atoms with E-state index in [4.69, 9.17) is 4.42 Å². The van der Waals surface area contributed by atoms with Gasteiger partial charge in [-0.05, 0) is 32.4 Å². The van der Waals surface area contributed by atoms with Crippen molar-refractivity contribution >= 4 is 0 Å². The third-order valence-electron chi connectivity index (χ3n) is 4.37. The average molecular weight is 300 g/mol. The summed E-state index contributed by atoms with van der Waals surface area (Å²) in [5.41, 5.74) is 0. The summed E-state index contributed by atoms with van der Waals surface area (Å²) in [6.07, 6.45) is 2.18. The van der Waals surface area contributed by atoms with Crippen molar-refractivity contribution in [3.05, 3.63) is 11.8 Å². The van der Waals surface area contributed by atoms with Crippen molar-refractivity contribution in [2.75, 3.05) is 32.7 Å². The van der Waals surface area contributed by atoms with E-state index in [9.17, 15) is 8.78 Å². The van der Waals surface area contributed by atoms with E-state index >= 15 is 0 Å². The van der Waals surface area contributed by atoms with Crippen LogP contribution in [0.2, 0.25) is 0 Å². The minimum atomic E-state index is -2.25. The minimum absolute atomic E-state index is 0.125. The van der Waals surface area contributed by atoms with Crippen LogP contribution in [-0.2, 0) is 6.54 Å². The van der Waals surface area contributed by atoms with Gasteiger partial charge in [-0.1, -0.05) is 6.42 Å². The molecule has 0 N–H and O–H groups in total. The van der Waals surface area contributed by atoms with Crippen molar-refractivity contribution in [1.82, 2.24) is 20.0 Å². The summed E-state index contributed by atoms with van der Waals surface area (Å²) >= 11 is 0. The first-order chi connectivity index (χ1) is 10.2. The Morgan fingerprint density at radius 1 is 1.05 bits per heavy atom. The van der Waals surface area contributed by atoms with Gasteiger partial charge in [-0.2, -0.15) is 0 Å². The van der Waals surface area contributed by atoms with Crippen LogP contribution in [0.25, 0.3) is 0 Å². The minimum Gasteiger partial charge on any atom is -0.424 e. The molecular formula is C14H22F2N4O. The van der Waals surface area contributed by atoms with Crippen molar-refractivity contribution in [2.24, 2.45) is 0 Å². The maximum Gasteiger partial charge on any atom is 0.251 e. The van der Waals surface area contributed by atoms with Crippen LogP contribution in [0.3, 0.4) is 0 Å². The summed E-state index contributed by atoms with van der Waals surface area (Å²) in [6.45, 7) is 3.57. The van der Waals surface area contributed by atoms with Crippen LogP contribution in [0.5, 0.6) is 0 Å². The molecule has 1 saturated carbocycles. The van der Waals surface area contributed by atoms with Crippen LogP contribution in [0, 0.1) is 0 Å². The highest BCUT2D eigenvalue weighted by Gasteiger charge is 2.26. The van der Waals surface area contributed by atoms with Gasteiger partial charge in [0, 0.05) is 19.0 Å². The molecule has 3 rings (SSSR count). The third kappa shape index (κ3) is 3.97. The molecule has 1 aromatic rings. The van der Waals surface area contributed by atoms with Crippen molar-refractivity contribution in [3.8, 4) is 0 Å². The Kier molecular flexibility index (Phi) is 4.80. The molecule has 2 heterocycles.